The molecule has 2 saturated heterocycles. The van der Waals surface area contributed by atoms with Gasteiger partial charge >= 0.3 is 5.97 Å². The van der Waals surface area contributed by atoms with Crippen molar-refractivity contribution in [2.24, 2.45) is 17.8 Å². The van der Waals surface area contributed by atoms with E-state index in [1.54, 1.807) is 35.6 Å². The third-order valence-corrected chi connectivity index (χ3v) is 14.4. The zero-order chi connectivity index (χ0) is 50.3. The summed E-state index contributed by atoms with van der Waals surface area (Å²) in [5.74, 6) is -3.95. The molecule has 378 valence electrons. The Balaban J connectivity index is 1.43. The first-order chi connectivity index (χ1) is 32.3. The van der Waals surface area contributed by atoms with Crippen molar-refractivity contribution in [3.05, 3.63) is 48.0 Å². The summed E-state index contributed by atoms with van der Waals surface area (Å²) < 4.78 is 17.0. The van der Waals surface area contributed by atoms with Crippen molar-refractivity contribution in [1.82, 2.24) is 30.2 Å². The molecule has 0 bridgehead atoms. The van der Waals surface area contributed by atoms with E-state index in [4.69, 9.17) is 14.2 Å². The average molecular weight is 951 g/mol. The molecule has 7 amide bonds. The molecule has 0 saturated carbocycles. The smallest absolute Gasteiger partial charge is 0.328 e. The maximum Gasteiger partial charge on any atom is 0.328 e. The summed E-state index contributed by atoms with van der Waals surface area (Å²) in [7, 11) is 5.99. The predicted molar refractivity (Wildman–Crippen MR) is 255 cm³/mol. The lowest BCUT2D eigenvalue weighted by Crippen LogP contribution is -2.65. The standard InChI is InChI=1S/C51H78N6O11/c1-11-34(4)45(39(66-8)32-43(61)55-29-20-23-38(55)46(67-9)35(5)47(62)52-37(49(64)68-10)31-36-21-14-12-15-22-36)54(7)48(63)44(33(2)3)53-50(65)51(6)27-17-19-30-57(51)42(60)24-16-13-18-28-56-40(58)25-26-41(56)59/h12,14-15,21-22,25-26,33-35,37-39,44-46H,11,13,16-20,23-24,27-32H2,1-10H3,(H,52,62)(H,53,65)/t34-,35+,37-,38-,39+,44-,45-,46+,51-/m0/s1. The number of piperidine rings is 1. The summed E-state index contributed by atoms with van der Waals surface area (Å²) >= 11 is 0. The summed E-state index contributed by atoms with van der Waals surface area (Å²) in [6.45, 7) is 12.3. The minimum atomic E-state index is -1.19. The van der Waals surface area contributed by atoms with Gasteiger partial charge in [0.2, 0.25) is 29.5 Å². The van der Waals surface area contributed by atoms with E-state index in [1.807, 2.05) is 58.0 Å². The minimum Gasteiger partial charge on any atom is -0.467 e. The molecule has 0 unspecified atom stereocenters. The first-order valence-corrected chi connectivity index (χ1v) is 24.5. The molecular formula is C51H78N6O11. The van der Waals surface area contributed by atoms with E-state index < -0.39 is 65.6 Å². The van der Waals surface area contributed by atoms with Crippen molar-refractivity contribution >= 4 is 47.3 Å². The molecule has 4 rings (SSSR count). The number of benzene rings is 1. The van der Waals surface area contributed by atoms with Crippen molar-refractivity contribution < 1.29 is 52.6 Å². The topological polar surface area (TPSA) is 201 Å². The van der Waals surface area contributed by atoms with Gasteiger partial charge in [0.25, 0.3) is 11.8 Å². The molecule has 1 aromatic carbocycles. The molecule has 1 aromatic rings. The summed E-state index contributed by atoms with van der Waals surface area (Å²) in [5.41, 5.74) is -0.330. The van der Waals surface area contributed by atoms with Crippen LogP contribution in [0.1, 0.15) is 118 Å². The highest BCUT2D eigenvalue weighted by atomic mass is 16.5. The molecule has 3 aliphatic heterocycles. The summed E-state index contributed by atoms with van der Waals surface area (Å²) in [6.07, 6.45) is 7.06. The number of esters is 1. The second-order valence-electron chi connectivity index (χ2n) is 19.3. The molecule has 2 fully saturated rings. The normalized spacial score (nSPS) is 21.5. The number of nitrogens with zero attached hydrogens (tertiary/aromatic N) is 4. The van der Waals surface area contributed by atoms with Crippen LogP contribution >= 0.6 is 0 Å². The van der Waals surface area contributed by atoms with Crippen molar-refractivity contribution in [1.29, 1.82) is 0 Å². The molecule has 17 nitrogen and oxygen atoms in total. The van der Waals surface area contributed by atoms with Crippen LogP contribution in [-0.4, -0.2) is 157 Å². The molecular weight excluding hydrogens is 873 g/mol. The number of ether oxygens (including phenoxy) is 3. The first-order valence-electron chi connectivity index (χ1n) is 24.5. The fraction of sp³-hybridized carbons (Fsp3) is 0.686. The van der Waals surface area contributed by atoms with Crippen LogP contribution in [0.25, 0.3) is 0 Å². The molecule has 9 atom stereocenters. The van der Waals surface area contributed by atoms with Crippen molar-refractivity contribution in [3.63, 3.8) is 0 Å². The quantitative estimate of drug-likeness (QED) is 0.0809. The number of rotatable bonds is 25. The van der Waals surface area contributed by atoms with Gasteiger partial charge in [-0.2, -0.15) is 0 Å². The SMILES string of the molecule is CC[C@H](C)[C@@H]([C@@H](CC(=O)N1CCC[C@H]1[C@H](OC)[C@@H](C)C(=O)N[C@@H](Cc1ccccc1)C(=O)OC)OC)N(C)C(=O)[C@@H](NC(=O)[C@]1(C)CCCCN1C(=O)CCCCCN1C(=O)C=CC1=O)C(C)C. The van der Waals surface area contributed by atoms with Crippen LogP contribution in [0.3, 0.4) is 0 Å². The van der Waals surface area contributed by atoms with Crippen LogP contribution in [0.15, 0.2) is 42.5 Å². The Labute approximate surface area is 403 Å². The highest BCUT2D eigenvalue weighted by Crippen LogP contribution is 2.32. The summed E-state index contributed by atoms with van der Waals surface area (Å²) in [6, 6.07) is 6.45. The number of likely N-dealkylation sites (tertiary alicyclic amines) is 2. The van der Waals surface area contributed by atoms with Crippen LogP contribution in [0, 0.1) is 17.8 Å². The number of nitrogens with one attached hydrogen (secondary N) is 2. The third-order valence-electron chi connectivity index (χ3n) is 14.4. The largest absolute Gasteiger partial charge is 0.467 e. The van der Waals surface area contributed by atoms with E-state index in [9.17, 15) is 38.4 Å². The Morgan fingerprint density at radius 2 is 1.53 bits per heavy atom. The van der Waals surface area contributed by atoms with Gasteiger partial charge < -0.3 is 39.5 Å². The Kier molecular flexibility index (Phi) is 21.2. The van der Waals surface area contributed by atoms with Gasteiger partial charge in [0.05, 0.1) is 43.7 Å². The molecule has 0 radical (unpaired) electrons. The highest BCUT2D eigenvalue weighted by molar-refractivity contribution is 6.12. The lowest BCUT2D eigenvalue weighted by atomic mass is 9.86. The fourth-order valence-electron chi connectivity index (χ4n) is 10.1. The monoisotopic (exact) mass is 951 g/mol. The Morgan fingerprint density at radius 3 is 2.13 bits per heavy atom. The lowest BCUT2D eigenvalue weighted by Gasteiger charge is -2.45. The second-order valence-corrected chi connectivity index (χ2v) is 19.3. The van der Waals surface area contributed by atoms with Gasteiger partial charge in [0.1, 0.15) is 17.6 Å². The van der Waals surface area contributed by atoms with Crippen LogP contribution < -0.4 is 10.6 Å². The molecule has 3 aliphatic rings. The van der Waals surface area contributed by atoms with Crippen LogP contribution in [0.4, 0.5) is 0 Å². The number of imide groups is 1. The predicted octanol–water partition coefficient (Wildman–Crippen LogP) is 4.20. The van der Waals surface area contributed by atoms with Gasteiger partial charge in [-0.05, 0) is 69.3 Å². The number of unbranched alkanes of at least 4 members (excludes halogenated alkanes) is 2. The van der Waals surface area contributed by atoms with Gasteiger partial charge in [-0.15, -0.1) is 0 Å². The summed E-state index contributed by atoms with van der Waals surface area (Å²) in [5, 5.41) is 5.91. The zero-order valence-corrected chi connectivity index (χ0v) is 42.1. The minimum absolute atomic E-state index is 0.0578. The number of likely N-dealkylation sites (N-methyl/N-ethyl adjacent to an activating group) is 1. The number of carbonyl (C=O) groups is 8. The first kappa shape index (κ1) is 55.4. The van der Waals surface area contributed by atoms with Crippen molar-refractivity contribution in [3.8, 4) is 0 Å². The maximum absolute atomic E-state index is 14.7. The van der Waals surface area contributed by atoms with Gasteiger partial charge in [-0.25, -0.2) is 4.79 Å². The Morgan fingerprint density at radius 1 is 0.853 bits per heavy atom. The zero-order valence-electron chi connectivity index (χ0n) is 42.1. The number of methoxy groups -OCH3 is 3. The van der Waals surface area contributed by atoms with E-state index in [0.717, 1.165) is 18.4 Å². The van der Waals surface area contributed by atoms with Gasteiger partial charge in [-0.1, -0.05) is 77.8 Å². The number of hydrogen-bond acceptors (Lipinski definition) is 11. The van der Waals surface area contributed by atoms with Crippen LogP contribution in [0.5, 0.6) is 0 Å². The molecule has 17 heteroatoms. The molecule has 0 aliphatic carbocycles. The van der Waals surface area contributed by atoms with E-state index in [0.29, 0.717) is 58.0 Å². The number of carbonyl (C=O) groups excluding carboxylic acids is 8. The lowest BCUT2D eigenvalue weighted by molar-refractivity contribution is -0.153. The van der Waals surface area contributed by atoms with Gasteiger partial charge in [0, 0.05) is 65.9 Å². The Hall–Kier alpha value is -5.16. The third kappa shape index (κ3) is 13.8. The molecule has 0 aromatic heterocycles. The van der Waals surface area contributed by atoms with Crippen molar-refractivity contribution in [2.45, 2.75) is 161 Å². The van der Waals surface area contributed by atoms with E-state index in [-0.39, 0.29) is 67.2 Å². The van der Waals surface area contributed by atoms with Crippen LogP contribution in [0.2, 0.25) is 0 Å². The summed E-state index contributed by atoms with van der Waals surface area (Å²) in [4.78, 5) is 114. The van der Waals surface area contributed by atoms with E-state index in [1.165, 1.54) is 38.4 Å². The Bertz CT molecular complexity index is 1930. The molecule has 68 heavy (non-hydrogen) atoms. The average Bonchev–Trinajstić information content (AvgIpc) is 3.94. The molecule has 3 heterocycles. The van der Waals surface area contributed by atoms with Gasteiger partial charge in [-0.3, -0.25) is 38.5 Å². The highest BCUT2D eigenvalue weighted by Gasteiger charge is 2.47. The number of amides is 7. The van der Waals surface area contributed by atoms with Crippen LogP contribution in [-0.2, 0) is 59.0 Å². The molecule has 2 N–H and O–H groups in total. The fourth-order valence-corrected chi connectivity index (χ4v) is 10.1. The second kappa shape index (κ2) is 26.0. The van der Waals surface area contributed by atoms with E-state index >= 15 is 0 Å². The van der Waals surface area contributed by atoms with Crippen molar-refractivity contribution in [2.75, 3.05) is 48.0 Å². The maximum atomic E-state index is 14.7. The molecule has 0 spiro atoms. The van der Waals surface area contributed by atoms with E-state index in [2.05, 4.69) is 10.6 Å². The number of hydrogen-bond donors (Lipinski definition) is 2. The van der Waals surface area contributed by atoms with Gasteiger partial charge in [0.15, 0.2) is 0 Å².